The van der Waals surface area contributed by atoms with E-state index in [2.05, 4.69) is 25.7 Å². The number of methoxy groups -OCH3 is 1. The van der Waals surface area contributed by atoms with Crippen LogP contribution in [0.25, 0.3) is 0 Å². The summed E-state index contributed by atoms with van der Waals surface area (Å²) in [6.07, 6.45) is 1.53. The summed E-state index contributed by atoms with van der Waals surface area (Å²) >= 11 is 0. The van der Waals surface area contributed by atoms with Crippen LogP contribution in [0.1, 0.15) is 19.7 Å². The lowest BCUT2D eigenvalue weighted by Crippen LogP contribution is -2.45. The summed E-state index contributed by atoms with van der Waals surface area (Å²) in [5.74, 6) is 1.56. The molecule has 1 heterocycles. The fourth-order valence-corrected chi connectivity index (χ4v) is 1.23. The van der Waals surface area contributed by atoms with Crippen molar-refractivity contribution in [3.05, 3.63) is 12.2 Å². The summed E-state index contributed by atoms with van der Waals surface area (Å²) in [7, 11) is 5.28. The second-order valence-corrected chi connectivity index (χ2v) is 4.54. The van der Waals surface area contributed by atoms with Crippen LogP contribution in [0.2, 0.25) is 0 Å². The van der Waals surface area contributed by atoms with Crippen LogP contribution in [0.4, 0.5) is 0 Å². The van der Waals surface area contributed by atoms with Crippen LogP contribution in [0.5, 0.6) is 0 Å². The molecular weight excluding hydrogens is 232 g/mol. The highest BCUT2D eigenvalue weighted by Crippen LogP contribution is 2.04. The molecule has 1 rings (SSSR count). The highest BCUT2D eigenvalue weighted by Gasteiger charge is 2.16. The highest BCUT2D eigenvalue weighted by molar-refractivity contribution is 5.79. The number of aryl methyl sites for hydroxylation is 1. The van der Waals surface area contributed by atoms with E-state index in [9.17, 15) is 0 Å². The molecule has 0 saturated heterocycles. The molecule has 0 atom stereocenters. The normalized spacial score (nSPS) is 12.6. The maximum Gasteiger partial charge on any atom is 0.191 e. The van der Waals surface area contributed by atoms with Crippen molar-refractivity contribution in [3.8, 4) is 0 Å². The van der Waals surface area contributed by atoms with E-state index in [0.29, 0.717) is 19.0 Å². The van der Waals surface area contributed by atoms with Crippen molar-refractivity contribution < 1.29 is 4.74 Å². The molecule has 0 amide bonds. The lowest BCUT2D eigenvalue weighted by molar-refractivity contribution is 0.0268. The molecule has 0 spiro atoms. The molecule has 1 aromatic rings. The molecule has 0 bridgehead atoms. The van der Waals surface area contributed by atoms with Crippen LogP contribution in [-0.4, -0.2) is 47.0 Å². The van der Waals surface area contributed by atoms with Crippen molar-refractivity contribution in [1.82, 2.24) is 25.4 Å². The topological polar surface area (TPSA) is 76.4 Å². The smallest absolute Gasteiger partial charge is 0.191 e. The summed E-state index contributed by atoms with van der Waals surface area (Å²) in [4.78, 5) is 8.26. The lowest BCUT2D eigenvalue weighted by atomic mass is 10.1. The van der Waals surface area contributed by atoms with E-state index >= 15 is 0 Å². The van der Waals surface area contributed by atoms with Gasteiger partial charge in [0.2, 0.25) is 0 Å². The first-order valence-corrected chi connectivity index (χ1v) is 5.81. The molecule has 0 aliphatic carbocycles. The van der Waals surface area contributed by atoms with Crippen molar-refractivity contribution in [2.75, 3.05) is 20.7 Å². The van der Waals surface area contributed by atoms with Crippen LogP contribution < -0.4 is 10.6 Å². The molecule has 0 saturated carbocycles. The summed E-state index contributed by atoms with van der Waals surface area (Å²) in [6, 6.07) is 0. The van der Waals surface area contributed by atoms with Gasteiger partial charge in [0.1, 0.15) is 12.2 Å². The Kier molecular flexibility index (Phi) is 5.08. The fraction of sp³-hybridized carbons (Fsp3) is 0.727. The van der Waals surface area contributed by atoms with Gasteiger partial charge in [-0.1, -0.05) is 0 Å². The largest absolute Gasteiger partial charge is 0.377 e. The van der Waals surface area contributed by atoms with Crippen LogP contribution >= 0.6 is 0 Å². The number of hydrogen-bond acceptors (Lipinski definition) is 4. The molecule has 18 heavy (non-hydrogen) atoms. The van der Waals surface area contributed by atoms with E-state index in [1.807, 2.05) is 20.9 Å². The van der Waals surface area contributed by atoms with Crippen molar-refractivity contribution in [2.24, 2.45) is 12.0 Å². The number of nitrogens with zero attached hydrogens (tertiary/aromatic N) is 4. The Bertz CT molecular complexity index is 398. The van der Waals surface area contributed by atoms with Crippen LogP contribution in [0.15, 0.2) is 11.3 Å². The summed E-state index contributed by atoms with van der Waals surface area (Å²) in [5, 5.41) is 10.4. The number of hydrogen-bond donors (Lipinski definition) is 2. The van der Waals surface area contributed by atoms with Gasteiger partial charge in [-0.2, -0.15) is 5.10 Å². The average Bonchev–Trinajstić information content (AvgIpc) is 2.75. The third-order valence-corrected chi connectivity index (χ3v) is 2.68. The van der Waals surface area contributed by atoms with Gasteiger partial charge in [-0.15, -0.1) is 0 Å². The zero-order chi connectivity index (χ0) is 13.6. The van der Waals surface area contributed by atoms with Crippen LogP contribution in [-0.2, 0) is 18.3 Å². The lowest BCUT2D eigenvalue weighted by Gasteiger charge is -2.24. The maximum atomic E-state index is 5.33. The predicted molar refractivity (Wildman–Crippen MR) is 70.3 cm³/mol. The Morgan fingerprint density at radius 1 is 1.50 bits per heavy atom. The first-order chi connectivity index (χ1) is 8.48. The van der Waals surface area contributed by atoms with Crippen LogP contribution in [0.3, 0.4) is 0 Å². The van der Waals surface area contributed by atoms with Crippen LogP contribution in [0, 0.1) is 0 Å². The SMILES string of the molecule is CN=C(NCc1ncnn1C)NCC(C)(C)OC. The van der Waals surface area contributed by atoms with Gasteiger partial charge in [0.15, 0.2) is 5.96 Å². The van der Waals surface area contributed by atoms with Crippen molar-refractivity contribution in [2.45, 2.75) is 26.0 Å². The Morgan fingerprint density at radius 2 is 2.22 bits per heavy atom. The van der Waals surface area contributed by atoms with E-state index in [4.69, 9.17) is 4.74 Å². The number of aromatic nitrogens is 3. The molecular formula is C11H22N6O. The van der Waals surface area contributed by atoms with E-state index in [0.717, 1.165) is 5.82 Å². The monoisotopic (exact) mass is 254 g/mol. The van der Waals surface area contributed by atoms with Gasteiger partial charge in [-0.05, 0) is 13.8 Å². The molecule has 7 nitrogen and oxygen atoms in total. The van der Waals surface area contributed by atoms with Gasteiger partial charge >= 0.3 is 0 Å². The number of guanidine groups is 1. The van der Waals surface area contributed by atoms with E-state index in [1.165, 1.54) is 6.33 Å². The van der Waals surface area contributed by atoms with Gasteiger partial charge in [0.25, 0.3) is 0 Å². The van der Waals surface area contributed by atoms with Gasteiger partial charge in [-0.25, -0.2) is 4.98 Å². The van der Waals surface area contributed by atoms with Gasteiger partial charge in [0, 0.05) is 27.7 Å². The van der Waals surface area contributed by atoms with Crippen molar-refractivity contribution in [1.29, 1.82) is 0 Å². The number of rotatable bonds is 5. The Labute approximate surface area is 108 Å². The predicted octanol–water partition coefficient (Wildman–Crippen LogP) is -0.0949. The minimum atomic E-state index is -0.234. The molecule has 0 unspecified atom stereocenters. The highest BCUT2D eigenvalue weighted by atomic mass is 16.5. The Hall–Kier alpha value is -1.63. The van der Waals surface area contributed by atoms with Gasteiger partial charge < -0.3 is 15.4 Å². The minimum Gasteiger partial charge on any atom is -0.377 e. The zero-order valence-electron chi connectivity index (χ0n) is 11.7. The van der Waals surface area contributed by atoms with E-state index < -0.39 is 0 Å². The molecule has 0 radical (unpaired) electrons. The Balaban J connectivity index is 2.42. The summed E-state index contributed by atoms with van der Waals surface area (Å²) in [5.41, 5.74) is -0.234. The third-order valence-electron chi connectivity index (χ3n) is 2.68. The summed E-state index contributed by atoms with van der Waals surface area (Å²) in [6.45, 7) is 5.26. The van der Waals surface area contributed by atoms with Crippen molar-refractivity contribution >= 4 is 5.96 Å². The molecule has 0 aliphatic rings. The molecule has 0 fully saturated rings. The number of nitrogens with one attached hydrogen (secondary N) is 2. The molecule has 0 aliphatic heterocycles. The molecule has 7 heteroatoms. The Morgan fingerprint density at radius 3 is 2.72 bits per heavy atom. The van der Waals surface area contributed by atoms with Gasteiger partial charge in [-0.3, -0.25) is 9.67 Å². The molecule has 102 valence electrons. The van der Waals surface area contributed by atoms with Crippen molar-refractivity contribution in [3.63, 3.8) is 0 Å². The second kappa shape index (κ2) is 6.34. The summed E-state index contributed by atoms with van der Waals surface area (Å²) < 4.78 is 7.05. The number of aliphatic imine (C=N–C) groups is 1. The minimum absolute atomic E-state index is 0.234. The quantitative estimate of drug-likeness (QED) is 0.567. The fourth-order valence-electron chi connectivity index (χ4n) is 1.23. The van der Waals surface area contributed by atoms with E-state index in [1.54, 1.807) is 18.8 Å². The second-order valence-electron chi connectivity index (χ2n) is 4.54. The first kappa shape index (κ1) is 14.4. The van der Waals surface area contributed by atoms with Gasteiger partial charge in [0.05, 0.1) is 12.1 Å². The molecule has 1 aromatic heterocycles. The third kappa shape index (κ3) is 4.33. The molecule has 2 N–H and O–H groups in total. The first-order valence-electron chi connectivity index (χ1n) is 5.81. The molecule has 0 aromatic carbocycles. The number of ether oxygens (including phenoxy) is 1. The standard InChI is InChI=1S/C11H22N6O/c1-11(2,18-5)7-14-10(12-3)13-6-9-15-8-16-17(9)4/h8H,6-7H2,1-5H3,(H2,12,13,14). The zero-order valence-corrected chi connectivity index (χ0v) is 11.7. The average molecular weight is 254 g/mol. The van der Waals surface area contributed by atoms with E-state index in [-0.39, 0.29) is 5.60 Å². The maximum absolute atomic E-state index is 5.33.